The lowest BCUT2D eigenvalue weighted by Crippen LogP contribution is -2.40. The van der Waals surface area contributed by atoms with Crippen LogP contribution in [-0.2, 0) is 0 Å². The van der Waals surface area contributed by atoms with Crippen molar-refractivity contribution in [1.82, 2.24) is 4.90 Å². The number of hydrogen-bond acceptors (Lipinski definition) is 2. The largest absolute Gasteiger partial charge is 0.394 e. The number of aliphatic hydroxyl groups excluding tert-OH is 1. The Morgan fingerprint density at radius 2 is 2.05 bits per heavy atom. The van der Waals surface area contributed by atoms with E-state index >= 15 is 0 Å². The van der Waals surface area contributed by atoms with E-state index in [9.17, 15) is 13.6 Å². The van der Waals surface area contributed by atoms with Crippen molar-refractivity contribution < 1.29 is 18.7 Å². The number of nitrogens with zero attached hydrogens (tertiary/aromatic N) is 1. The van der Waals surface area contributed by atoms with E-state index in [1.807, 2.05) is 0 Å². The van der Waals surface area contributed by atoms with Crippen molar-refractivity contribution >= 4 is 11.7 Å². The van der Waals surface area contributed by atoms with Crippen LogP contribution in [-0.4, -0.2) is 35.7 Å². The molecule has 1 aromatic rings. The number of carbonyl (C=O) groups excluding carboxylic acids is 1. The van der Waals surface area contributed by atoms with Crippen LogP contribution >= 0.6 is 0 Å². The predicted octanol–water partition coefficient (Wildman–Crippen LogP) is 1.79. The molecule has 19 heavy (non-hydrogen) atoms. The molecule has 0 radical (unpaired) electrons. The number of likely N-dealkylation sites (N-methyl/N-ethyl adjacent to an activating group) is 1. The number of urea groups is 1. The first-order valence-corrected chi connectivity index (χ1v) is 5.51. The van der Waals surface area contributed by atoms with E-state index in [0.717, 1.165) is 17.0 Å². The first-order chi connectivity index (χ1) is 8.90. The quantitative estimate of drug-likeness (QED) is 0.821. The van der Waals surface area contributed by atoms with Gasteiger partial charge in [-0.3, -0.25) is 0 Å². The Hall–Kier alpha value is -2.13. The Morgan fingerprint density at radius 3 is 2.47 bits per heavy atom. The number of nitrogens with one attached hydrogen (secondary N) is 1. The lowest BCUT2D eigenvalue weighted by Gasteiger charge is -2.23. The molecule has 0 aliphatic heterocycles. The Bertz CT molecular complexity index is 503. The van der Waals surface area contributed by atoms with Crippen molar-refractivity contribution in [3.63, 3.8) is 0 Å². The van der Waals surface area contributed by atoms with Crippen LogP contribution in [0.5, 0.6) is 0 Å². The van der Waals surface area contributed by atoms with Crippen LogP contribution in [0.2, 0.25) is 0 Å². The van der Waals surface area contributed by atoms with Gasteiger partial charge in [-0.2, -0.15) is 0 Å². The van der Waals surface area contributed by atoms with Crippen LogP contribution in [0.25, 0.3) is 0 Å². The molecule has 0 saturated heterocycles. The summed E-state index contributed by atoms with van der Waals surface area (Å²) in [5, 5.41) is 11.0. The van der Waals surface area contributed by atoms with E-state index in [1.54, 1.807) is 6.92 Å². The maximum atomic E-state index is 13.6. The van der Waals surface area contributed by atoms with Crippen molar-refractivity contribution in [3.8, 4) is 12.3 Å². The van der Waals surface area contributed by atoms with Gasteiger partial charge in [0, 0.05) is 12.6 Å². The maximum Gasteiger partial charge on any atom is 0.322 e. The molecule has 0 aliphatic rings. The summed E-state index contributed by atoms with van der Waals surface area (Å²) in [5.41, 5.74) is -0.522. The van der Waals surface area contributed by atoms with Crippen LogP contribution in [0.4, 0.5) is 19.3 Å². The molecule has 0 saturated carbocycles. The molecular formula is C13H14F2N2O2. The fraction of sp³-hybridized carbons (Fsp3) is 0.308. The van der Waals surface area contributed by atoms with Gasteiger partial charge in [0.1, 0.15) is 5.69 Å². The summed E-state index contributed by atoms with van der Waals surface area (Å²) < 4.78 is 27.2. The molecule has 2 amide bonds. The van der Waals surface area contributed by atoms with Crippen LogP contribution in [0.3, 0.4) is 0 Å². The molecule has 0 heterocycles. The van der Waals surface area contributed by atoms with Crippen molar-refractivity contribution in [3.05, 3.63) is 29.3 Å². The standard InChI is InChI=1S/C13H14F2N2O2/c1-4-9-5-10(14)12(11(15)6-9)16-13(19)17(3)8(2)7-18/h1,5-6,8,18H,7H2,2-3H3,(H,16,19). The smallest absolute Gasteiger partial charge is 0.322 e. The summed E-state index contributed by atoms with van der Waals surface area (Å²) in [6, 6.07) is 0.700. The molecule has 2 N–H and O–H groups in total. The molecule has 0 bridgehead atoms. The first-order valence-electron chi connectivity index (χ1n) is 5.51. The summed E-state index contributed by atoms with van der Waals surface area (Å²) in [5.74, 6) is 0.198. The van der Waals surface area contributed by atoms with Gasteiger partial charge in [0.15, 0.2) is 11.6 Å². The summed E-state index contributed by atoms with van der Waals surface area (Å²) >= 11 is 0. The zero-order chi connectivity index (χ0) is 14.6. The summed E-state index contributed by atoms with van der Waals surface area (Å²) in [7, 11) is 1.40. The molecule has 1 unspecified atom stereocenters. The summed E-state index contributed by atoms with van der Waals surface area (Å²) in [6.07, 6.45) is 5.04. The number of halogens is 2. The van der Waals surface area contributed by atoms with E-state index < -0.39 is 29.4 Å². The minimum absolute atomic E-state index is 0.0464. The Morgan fingerprint density at radius 1 is 1.53 bits per heavy atom. The molecule has 0 aromatic heterocycles. The number of anilines is 1. The van der Waals surface area contributed by atoms with E-state index in [0.29, 0.717) is 0 Å². The molecule has 0 aliphatic carbocycles. The van der Waals surface area contributed by atoms with Gasteiger partial charge in [-0.25, -0.2) is 13.6 Å². The van der Waals surface area contributed by atoms with Crippen molar-refractivity contribution in [1.29, 1.82) is 0 Å². The highest BCUT2D eigenvalue weighted by molar-refractivity contribution is 5.89. The fourth-order valence-corrected chi connectivity index (χ4v) is 1.29. The Kier molecular flexibility index (Phi) is 4.84. The molecule has 1 atom stereocenters. The van der Waals surface area contributed by atoms with Crippen LogP contribution in [0.15, 0.2) is 12.1 Å². The van der Waals surface area contributed by atoms with Gasteiger partial charge < -0.3 is 15.3 Å². The zero-order valence-electron chi connectivity index (χ0n) is 10.6. The van der Waals surface area contributed by atoms with Gasteiger partial charge in [0.05, 0.1) is 12.6 Å². The van der Waals surface area contributed by atoms with E-state index in [-0.39, 0.29) is 12.2 Å². The van der Waals surface area contributed by atoms with Crippen LogP contribution < -0.4 is 5.32 Å². The van der Waals surface area contributed by atoms with Gasteiger partial charge in [-0.15, -0.1) is 6.42 Å². The second-order valence-electron chi connectivity index (χ2n) is 4.03. The lowest BCUT2D eigenvalue weighted by atomic mass is 10.2. The molecule has 6 heteroatoms. The van der Waals surface area contributed by atoms with Gasteiger partial charge in [0.25, 0.3) is 0 Å². The van der Waals surface area contributed by atoms with Gasteiger partial charge in [-0.1, -0.05) is 5.92 Å². The fourth-order valence-electron chi connectivity index (χ4n) is 1.29. The number of rotatable bonds is 3. The number of carbonyl (C=O) groups is 1. The Balaban J connectivity index is 2.95. The molecule has 0 fully saturated rings. The third-order valence-electron chi connectivity index (χ3n) is 2.69. The van der Waals surface area contributed by atoms with Crippen LogP contribution in [0.1, 0.15) is 12.5 Å². The topological polar surface area (TPSA) is 52.6 Å². The van der Waals surface area contributed by atoms with Crippen LogP contribution in [0, 0.1) is 24.0 Å². The normalized spacial score (nSPS) is 11.6. The third-order valence-corrected chi connectivity index (χ3v) is 2.69. The number of amides is 2. The predicted molar refractivity (Wildman–Crippen MR) is 67.6 cm³/mol. The highest BCUT2D eigenvalue weighted by Gasteiger charge is 2.19. The Labute approximate surface area is 110 Å². The number of hydrogen-bond donors (Lipinski definition) is 2. The van der Waals surface area contributed by atoms with Crippen molar-refractivity contribution in [2.75, 3.05) is 19.0 Å². The molecule has 1 rings (SSSR count). The molecule has 4 nitrogen and oxygen atoms in total. The second kappa shape index (κ2) is 6.16. The minimum Gasteiger partial charge on any atom is -0.394 e. The van der Waals surface area contributed by atoms with Gasteiger partial charge in [0.2, 0.25) is 0 Å². The number of benzene rings is 1. The van der Waals surface area contributed by atoms with Crippen molar-refractivity contribution in [2.45, 2.75) is 13.0 Å². The zero-order valence-corrected chi connectivity index (χ0v) is 10.6. The number of terminal acetylenes is 1. The average Bonchev–Trinajstić information content (AvgIpc) is 2.40. The van der Waals surface area contributed by atoms with Crippen molar-refractivity contribution in [2.24, 2.45) is 0 Å². The van der Waals surface area contributed by atoms with Gasteiger partial charge in [-0.05, 0) is 19.1 Å². The second-order valence-corrected chi connectivity index (χ2v) is 4.03. The molecule has 102 valence electrons. The molecule has 0 spiro atoms. The SMILES string of the molecule is C#Cc1cc(F)c(NC(=O)N(C)C(C)CO)c(F)c1. The van der Waals surface area contributed by atoms with E-state index in [2.05, 4.69) is 11.2 Å². The van der Waals surface area contributed by atoms with E-state index in [1.165, 1.54) is 7.05 Å². The van der Waals surface area contributed by atoms with Gasteiger partial charge >= 0.3 is 6.03 Å². The first kappa shape index (κ1) is 14.9. The lowest BCUT2D eigenvalue weighted by molar-refractivity contribution is 0.166. The molecule has 1 aromatic carbocycles. The third kappa shape index (κ3) is 3.42. The average molecular weight is 268 g/mol. The highest BCUT2D eigenvalue weighted by atomic mass is 19.1. The maximum absolute atomic E-state index is 13.6. The minimum atomic E-state index is -0.952. The highest BCUT2D eigenvalue weighted by Crippen LogP contribution is 2.21. The van der Waals surface area contributed by atoms with E-state index in [4.69, 9.17) is 11.5 Å². The summed E-state index contributed by atoms with van der Waals surface area (Å²) in [6.45, 7) is 1.33. The number of aliphatic hydroxyl groups is 1. The summed E-state index contributed by atoms with van der Waals surface area (Å²) in [4.78, 5) is 12.8. The molecular weight excluding hydrogens is 254 g/mol. The monoisotopic (exact) mass is 268 g/mol.